The monoisotopic (exact) mass is 438 g/mol. The molecule has 0 saturated carbocycles. The number of ether oxygens (including phenoxy) is 3. The first kappa shape index (κ1) is 23.0. The first-order valence-corrected chi connectivity index (χ1v) is 10.5. The maximum Gasteiger partial charge on any atom is 0.431 e. The maximum absolute atomic E-state index is 13.0. The Hall–Kier alpha value is -3.68. The third-order valence-electron chi connectivity index (χ3n) is 4.92. The van der Waals surface area contributed by atoms with Gasteiger partial charge in [0.05, 0.1) is 25.7 Å². The molecule has 2 atom stereocenters. The summed E-state index contributed by atoms with van der Waals surface area (Å²) in [7, 11) is 0. The van der Waals surface area contributed by atoms with E-state index in [0.29, 0.717) is 5.56 Å². The zero-order valence-corrected chi connectivity index (χ0v) is 18.1. The Morgan fingerprint density at radius 2 is 1.50 bits per heavy atom. The summed E-state index contributed by atoms with van der Waals surface area (Å²) in [5.41, 5.74) is 1.51. The molecule has 0 radical (unpaired) electrons. The van der Waals surface area contributed by atoms with Crippen LogP contribution < -0.4 is 0 Å². The summed E-state index contributed by atoms with van der Waals surface area (Å²) in [5, 5.41) is 5.38. The van der Waals surface area contributed by atoms with Gasteiger partial charge >= 0.3 is 18.0 Å². The predicted octanol–water partition coefficient (Wildman–Crippen LogP) is 3.87. The highest BCUT2D eigenvalue weighted by Crippen LogP contribution is 2.38. The van der Waals surface area contributed by atoms with Crippen LogP contribution in [0.5, 0.6) is 0 Å². The van der Waals surface area contributed by atoms with E-state index in [1.54, 1.807) is 13.8 Å². The fraction of sp³-hybridized carbons (Fsp3) is 0.333. The Morgan fingerprint density at radius 1 is 0.875 bits per heavy atom. The van der Waals surface area contributed by atoms with E-state index >= 15 is 0 Å². The van der Waals surface area contributed by atoms with E-state index in [1.807, 2.05) is 60.7 Å². The largest absolute Gasteiger partial charge is 0.466 e. The predicted molar refractivity (Wildman–Crippen MR) is 116 cm³/mol. The van der Waals surface area contributed by atoms with Gasteiger partial charge in [0.2, 0.25) is 0 Å². The molecular formula is C24H26N2O6. The lowest BCUT2D eigenvalue weighted by Gasteiger charge is -2.26. The van der Waals surface area contributed by atoms with Crippen molar-refractivity contribution in [3.8, 4) is 0 Å². The molecule has 3 rings (SSSR count). The Bertz CT molecular complexity index is 961. The Balaban J connectivity index is 1.92. The van der Waals surface area contributed by atoms with E-state index < -0.39 is 30.0 Å². The summed E-state index contributed by atoms with van der Waals surface area (Å²) >= 11 is 0. The SMILES string of the molecule is CCOC(=O)C[C@@H]1C(C(=O)OCC)=NN(C(=O)OCc2ccccc2)[C@@H]1c1ccccc1. The highest BCUT2D eigenvalue weighted by Gasteiger charge is 2.46. The smallest absolute Gasteiger partial charge is 0.431 e. The summed E-state index contributed by atoms with van der Waals surface area (Å²) in [6, 6.07) is 17.6. The van der Waals surface area contributed by atoms with Crippen molar-refractivity contribution in [3.05, 3.63) is 71.8 Å². The van der Waals surface area contributed by atoms with E-state index in [4.69, 9.17) is 14.2 Å². The van der Waals surface area contributed by atoms with Crippen LogP contribution >= 0.6 is 0 Å². The summed E-state index contributed by atoms with van der Waals surface area (Å²) < 4.78 is 15.7. The first-order valence-electron chi connectivity index (χ1n) is 10.5. The van der Waals surface area contributed by atoms with Gasteiger partial charge in [-0.05, 0) is 25.0 Å². The van der Waals surface area contributed by atoms with Crippen molar-refractivity contribution in [3.63, 3.8) is 0 Å². The molecule has 8 nitrogen and oxygen atoms in total. The lowest BCUT2D eigenvalue weighted by molar-refractivity contribution is -0.144. The van der Waals surface area contributed by atoms with Gasteiger partial charge in [-0.3, -0.25) is 4.79 Å². The molecule has 0 spiro atoms. The van der Waals surface area contributed by atoms with Gasteiger partial charge in [0, 0.05) is 5.92 Å². The molecule has 168 valence electrons. The summed E-state index contributed by atoms with van der Waals surface area (Å²) in [4.78, 5) is 38.0. The highest BCUT2D eigenvalue weighted by atomic mass is 16.6. The van der Waals surface area contributed by atoms with Gasteiger partial charge in [-0.1, -0.05) is 60.7 Å². The molecule has 0 unspecified atom stereocenters. The van der Waals surface area contributed by atoms with Crippen molar-refractivity contribution in [2.75, 3.05) is 13.2 Å². The van der Waals surface area contributed by atoms with E-state index in [9.17, 15) is 14.4 Å². The number of carbonyl (C=O) groups is 3. The average Bonchev–Trinajstić information content (AvgIpc) is 3.18. The van der Waals surface area contributed by atoms with E-state index in [0.717, 1.165) is 10.6 Å². The Morgan fingerprint density at radius 3 is 2.12 bits per heavy atom. The fourth-order valence-corrected chi connectivity index (χ4v) is 3.54. The van der Waals surface area contributed by atoms with Gasteiger partial charge in [-0.2, -0.15) is 10.1 Å². The number of esters is 2. The molecule has 0 aliphatic carbocycles. The van der Waals surface area contributed by atoms with E-state index in [1.165, 1.54) is 0 Å². The van der Waals surface area contributed by atoms with E-state index in [-0.39, 0.29) is 32.0 Å². The lowest BCUT2D eigenvalue weighted by atomic mass is 9.87. The molecule has 0 N–H and O–H groups in total. The third-order valence-corrected chi connectivity index (χ3v) is 4.92. The van der Waals surface area contributed by atoms with Crippen LogP contribution in [0.1, 0.15) is 37.4 Å². The second-order valence-electron chi connectivity index (χ2n) is 7.06. The maximum atomic E-state index is 13.0. The van der Waals surface area contributed by atoms with Crippen molar-refractivity contribution in [2.24, 2.45) is 11.0 Å². The van der Waals surface area contributed by atoms with Gasteiger partial charge < -0.3 is 14.2 Å². The molecule has 8 heteroatoms. The van der Waals surface area contributed by atoms with Crippen LogP contribution in [0, 0.1) is 5.92 Å². The van der Waals surface area contributed by atoms with Crippen LogP contribution in [0.25, 0.3) is 0 Å². The minimum absolute atomic E-state index is 0.00887. The van der Waals surface area contributed by atoms with Crippen molar-refractivity contribution in [2.45, 2.75) is 32.9 Å². The first-order chi connectivity index (χ1) is 15.5. The van der Waals surface area contributed by atoms with Crippen molar-refractivity contribution < 1.29 is 28.6 Å². The average molecular weight is 438 g/mol. The number of hydrogen-bond donors (Lipinski definition) is 0. The molecule has 0 aromatic heterocycles. The molecular weight excluding hydrogens is 412 g/mol. The Labute approximate surface area is 186 Å². The molecule has 32 heavy (non-hydrogen) atoms. The Kier molecular flexibility index (Phi) is 7.96. The van der Waals surface area contributed by atoms with Crippen molar-refractivity contribution in [1.29, 1.82) is 0 Å². The number of hydrogen-bond acceptors (Lipinski definition) is 7. The lowest BCUT2D eigenvalue weighted by Crippen LogP contribution is -2.33. The molecule has 1 aliphatic rings. The zero-order chi connectivity index (χ0) is 22.9. The van der Waals surface area contributed by atoms with Gasteiger partial charge in [-0.25, -0.2) is 9.59 Å². The van der Waals surface area contributed by atoms with Gasteiger partial charge in [0.25, 0.3) is 0 Å². The fourth-order valence-electron chi connectivity index (χ4n) is 3.54. The zero-order valence-electron chi connectivity index (χ0n) is 18.1. The van der Waals surface area contributed by atoms with Crippen LogP contribution in [0.2, 0.25) is 0 Å². The summed E-state index contributed by atoms with van der Waals surface area (Å²) in [6.07, 6.45) is -0.857. The molecule has 0 bridgehead atoms. The van der Waals surface area contributed by atoms with Crippen molar-refractivity contribution >= 4 is 23.7 Å². The van der Waals surface area contributed by atoms with Crippen LogP contribution in [0.15, 0.2) is 65.8 Å². The normalized spacial score (nSPS) is 17.4. The second kappa shape index (κ2) is 11.1. The van der Waals surface area contributed by atoms with Crippen LogP contribution in [-0.2, 0) is 30.4 Å². The third kappa shape index (κ3) is 5.51. The van der Waals surface area contributed by atoms with Gasteiger partial charge in [0.15, 0.2) is 5.71 Å². The van der Waals surface area contributed by atoms with Crippen LogP contribution in [-0.4, -0.2) is 42.0 Å². The van der Waals surface area contributed by atoms with E-state index in [2.05, 4.69) is 5.10 Å². The van der Waals surface area contributed by atoms with Crippen LogP contribution in [0.3, 0.4) is 0 Å². The number of nitrogens with zero attached hydrogens (tertiary/aromatic N) is 2. The van der Waals surface area contributed by atoms with Crippen molar-refractivity contribution in [1.82, 2.24) is 5.01 Å². The van der Waals surface area contributed by atoms with Gasteiger partial charge in [0.1, 0.15) is 6.61 Å². The van der Waals surface area contributed by atoms with Gasteiger partial charge in [-0.15, -0.1) is 0 Å². The highest BCUT2D eigenvalue weighted by molar-refractivity contribution is 6.38. The molecule has 1 aliphatic heterocycles. The standard InChI is InChI=1S/C24H26N2O6/c1-3-30-20(27)15-19-21(23(28)31-4-2)25-26(22(19)18-13-9-6-10-14-18)24(29)32-16-17-11-7-5-8-12-17/h5-14,19,22H,3-4,15-16H2,1-2H3/t19-,22-/m1/s1. The quantitative estimate of drug-likeness (QED) is 0.459. The molecule has 0 fully saturated rings. The van der Waals surface area contributed by atoms with Crippen LogP contribution in [0.4, 0.5) is 4.79 Å². The number of amides is 1. The number of benzene rings is 2. The second-order valence-corrected chi connectivity index (χ2v) is 7.06. The molecule has 1 heterocycles. The summed E-state index contributed by atoms with van der Waals surface area (Å²) in [5.74, 6) is -1.91. The molecule has 2 aromatic rings. The molecule has 2 aromatic carbocycles. The number of rotatable bonds is 8. The summed E-state index contributed by atoms with van der Waals surface area (Å²) in [6.45, 7) is 3.77. The topological polar surface area (TPSA) is 94.5 Å². The minimum Gasteiger partial charge on any atom is -0.466 e. The molecule has 0 saturated heterocycles. The number of hydrazone groups is 1. The minimum atomic E-state index is -0.736. The number of carbonyl (C=O) groups excluding carboxylic acids is 3. The molecule has 1 amide bonds.